The number of amides is 1. The average Bonchev–Trinajstić information content (AvgIpc) is 2.39. The number of nitrogen functional groups attached to an aromatic ring is 1. The molecule has 0 radical (unpaired) electrons. The molecule has 7 heteroatoms. The molecular formula is C14H21N3O3S. The molecule has 2 rings (SSSR count). The Morgan fingerprint density at radius 3 is 2.67 bits per heavy atom. The van der Waals surface area contributed by atoms with Gasteiger partial charge in [0.15, 0.2) is 9.84 Å². The van der Waals surface area contributed by atoms with Gasteiger partial charge in [0.2, 0.25) is 5.91 Å². The van der Waals surface area contributed by atoms with Crippen molar-refractivity contribution in [2.24, 2.45) is 0 Å². The lowest BCUT2D eigenvalue weighted by Gasteiger charge is -2.32. The van der Waals surface area contributed by atoms with Crippen LogP contribution in [0.2, 0.25) is 0 Å². The standard InChI is InChI=1S/C14H21N3O3S/c1-11-10-21(19,20)9-8-17(11)7-6-14(18)16-13-4-2-12(15)3-5-13/h2-5,11H,6-10,15H2,1H3,(H,16,18). The second-order valence-electron chi connectivity index (χ2n) is 5.42. The highest BCUT2D eigenvalue weighted by atomic mass is 32.2. The van der Waals surface area contributed by atoms with Gasteiger partial charge in [0.25, 0.3) is 0 Å². The van der Waals surface area contributed by atoms with Crippen molar-refractivity contribution < 1.29 is 13.2 Å². The Kier molecular flexibility index (Phi) is 4.84. The van der Waals surface area contributed by atoms with Gasteiger partial charge in [-0.15, -0.1) is 0 Å². The van der Waals surface area contributed by atoms with Crippen molar-refractivity contribution >= 4 is 27.1 Å². The van der Waals surface area contributed by atoms with Crippen LogP contribution < -0.4 is 11.1 Å². The maximum Gasteiger partial charge on any atom is 0.225 e. The van der Waals surface area contributed by atoms with E-state index in [-0.39, 0.29) is 23.5 Å². The monoisotopic (exact) mass is 311 g/mol. The largest absolute Gasteiger partial charge is 0.399 e. The summed E-state index contributed by atoms with van der Waals surface area (Å²) in [7, 11) is -2.91. The second-order valence-corrected chi connectivity index (χ2v) is 7.65. The summed E-state index contributed by atoms with van der Waals surface area (Å²) in [6.45, 7) is 2.95. The van der Waals surface area contributed by atoms with Crippen LogP contribution >= 0.6 is 0 Å². The fraction of sp³-hybridized carbons (Fsp3) is 0.500. The zero-order valence-corrected chi connectivity index (χ0v) is 12.9. The summed E-state index contributed by atoms with van der Waals surface area (Å²) in [5.74, 6) is 0.268. The zero-order chi connectivity index (χ0) is 15.5. The van der Waals surface area contributed by atoms with Crippen LogP contribution in [0.5, 0.6) is 0 Å². The van der Waals surface area contributed by atoms with Gasteiger partial charge in [0, 0.05) is 36.9 Å². The van der Waals surface area contributed by atoms with Crippen molar-refractivity contribution in [3.63, 3.8) is 0 Å². The van der Waals surface area contributed by atoms with E-state index in [1.807, 2.05) is 11.8 Å². The molecule has 0 aromatic heterocycles. The zero-order valence-electron chi connectivity index (χ0n) is 12.1. The quantitative estimate of drug-likeness (QED) is 0.799. The first-order valence-electron chi connectivity index (χ1n) is 6.95. The maximum atomic E-state index is 11.9. The third kappa shape index (κ3) is 4.71. The third-order valence-corrected chi connectivity index (χ3v) is 5.42. The van der Waals surface area contributed by atoms with E-state index in [1.165, 1.54) is 0 Å². The van der Waals surface area contributed by atoms with Crippen LogP contribution in [0.15, 0.2) is 24.3 Å². The maximum absolute atomic E-state index is 11.9. The molecule has 1 amide bonds. The predicted molar refractivity (Wildman–Crippen MR) is 83.8 cm³/mol. The molecule has 1 fully saturated rings. The molecule has 1 saturated heterocycles. The van der Waals surface area contributed by atoms with Gasteiger partial charge in [-0.25, -0.2) is 8.42 Å². The van der Waals surface area contributed by atoms with Crippen molar-refractivity contribution in [1.82, 2.24) is 4.90 Å². The average molecular weight is 311 g/mol. The topological polar surface area (TPSA) is 92.5 Å². The first-order valence-corrected chi connectivity index (χ1v) is 8.78. The molecule has 1 aliphatic heterocycles. The van der Waals surface area contributed by atoms with E-state index in [4.69, 9.17) is 5.73 Å². The molecule has 116 valence electrons. The Morgan fingerprint density at radius 1 is 1.38 bits per heavy atom. The number of nitrogens with zero attached hydrogens (tertiary/aromatic N) is 1. The first-order chi connectivity index (χ1) is 9.85. The predicted octanol–water partition coefficient (Wildman–Crippen LogP) is 0.716. The SMILES string of the molecule is CC1CS(=O)(=O)CCN1CCC(=O)Nc1ccc(N)cc1. The highest BCUT2D eigenvalue weighted by molar-refractivity contribution is 7.91. The van der Waals surface area contributed by atoms with Crippen molar-refractivity contribution in [2.45, 2.75) is 19.4 Å². The van der Waals surface area contributed by atoms with E-state index >= 15 is 0 Å². The minimum Gasteiger partial charge on any atom is -0.399 e. The molecule has 0 bridgehead atoms. The van der Waals surface area contributed by atoms with Gasteiger partial charge >= 0.3 is 0 Å². The van der Waals surface area contributed by atoms with Gasteiger partial charge in [-0.3, -0.25) is 9.69 Å². The molecule has 0 aliphatic carbocycles. The Morgan fingerprint density at radius 2 is 2.05 bits per heavy atom. The van der Waals surface area contributed by atoms with E-state index in [0.717, 1.165) is 0 Å². The summed E-state index contributed by atoms with van der Waals surface area (Å²) in [4.78, 5) is 13.9. The molecule has 1 aromatic carbocycles. The van der Waals surface area contributed by atoms with Crippen LogP contribution in [-0.2, 0) is 14.6 Å². The molecule has 1 heterocycles. The number of hydrogen-bond donors (Lipinski definition) is 2. The van der Waals surface area contributed by atoms with Crippen molar-refractivity contribution in [2.75, 3.05) is 35.6 Å². The fourth-order valence-electron chi connectivity index (χ4n) is 2.40. The summed E-state index contributed by atoms with van der Waals surface area (Å²) >= 11 is 0. The summed E-state index contributed by atoms with van der Waals surface area (Å²) in [5.41, 5.74) is 6.94. The summed E-state index contributed by atoms with van der Waals surface area (Å²) in [6, 6.07) is 6.93. The highest BCUT2D eigenvalue weighted by Crippen LogP contribution is 2.13. The van der Waals surface area contributed by atoms with Gasteiger partial charge in [-0.1, -0.05) is 0 Å². The van der Waals surface area contributed by atoms with Crippen LogP contribution in [0.25, 0.3) is 0 Å². The molecule has 3 N–H and O–H groups in total. The van der Waals surface area contributed by atoms with Crippen LogP contribution in [0.1, 0.15) is 13.3 Å². The Bertz CT molecular complexity index is 598. The number of rotatable bonds is 4. The number of hydrogen-bond acceptors (Lipinski definition) is 5. The van der Waals surface area contributed by atoms with E-state index in [0.29, 0.717) is 30.9 Å². The minimum absolute atomic E-state index is 0.0342. The number of benzene rings is 1. The van der Waals surface area contributed by atoms with Crippen LogP contribution in [0.4, 0.5) is 11.4 Å². The lowest BCUT2D eigenvalue weighted by molar-refractivity contribution is -0.116. The van der Waals surface area contributed by atoms with Crippen LogP contribution in [0, 0.1) is 0 Å². The van der Waals surface area contributed by atoms with Gasteiger partial charge in [0.1, 0.15) is 0 Å². The first kappa shape index (κ1) is 15.8. The van der Waals surface area contributed by atoms with E-state index in [1.54, 1.807) is 24.3 Å². The summed E-state index contributed by atoms with van der Waals surface area (Å²) in [5, 5.41) is 2.80. The lowest BCUT2D eigenvalue weighted by Crippen LogP contribution is -2.47. The molecule has 1 aliphatic rings. The van der Waals surface area contributed by atoms with E-state index < -0.39 is 9.84 Å². The number of sulfone groups is 1. The van der Waals surface area contributed by atoms with Crippen molar-refractivity contribution in [3.05, 3.63) is 24.3 Å². The Hall–Kier alpha value is -1.60. The van der Waals surface area contributed by atoms with E-state index in [2.05, 4.69) is 5.32 Å². The number of nitrogens with two attached hydrogens (primary N) is 1. The summed E-state index contributed by atoms with van der Waals surface area (Å²) in [6.07, 6.45) is 0.342. The number of anilines is 2. The van der Waals surface area contributed by atoms with Gasteiger partial charge in [0.05, 0.1) is 11.5 Å². The van der Waals surface area contributed by atoms with E-state index in [9.17, 15) is 13.2 Å². The van der Waals surface area contributed by atoms with Gasteiger partial charge in [-0.05, 0) is 31.2 Å². The molecule has 21 heavy (non-hydrogen) atoms. The smallest absolute Gasteiger partial charge is 0.225 e. The molecule has 0 spiro atoms. The van der Waals surface area contributed by atoms with Gasteiger partial charge < -0.3 is 11.1 Å². The summed E-state index contributed by atoms with van der Waals surface area (Å²) < 4.78 is 23.0. The van der Waals surface area contributed by atoms with Crippen LogP contribution in [-0.4, -0.2) is 49.9 Å². The van der Waals surface area contributed by atoms with Crippen molar-refractivity contribution in [3.8, 4) is 0 Å². The number of nitrogens with one attached hydrogen (secondary N) is 1. The molecule has 1 atom stereocenters. The van der Waals surface area contributed by atoms with Crippen LogP contribution in [0.3, 0.4) is 0 Å². The third-order valence-electron chi connectivity index (χ3n) is 3.63. The molecular weight excluding hydrogens is 290 g/mol. The molecule has 6 nitrogen and oxygen atoms in total. The molecule has 0 saturated carbocycles. The van der Waals surface area contributed by atoms with Crippen molar-refractivity contribution in [1.29, 1.82) is 0 Å². The highest BCUT2D eigenvalue weighted by Gasteiger charge is 2.27. The molecule has 1 aromatic rings. The Labute approximate surface area is 125 Å². The normalized spacial score (nSPS) is 21.9. The van der Waals surface area contributed by atoms with Gasteiger partial charge in [-0.2, -0.15) is 0 Å². The minimum atomic E-state index is -2.91. The lowest BCUT2D eigenvalue weighted by atomic mass is 10.2. The second kappa shape index (κ2) is 6.44. The number of carbonyl (C=O) groups is 1. The Balaban J connectivity index is 1.80. The fourth-order valence-corrected chi connectivity index (χ4v) is 4.03. The number of carbonyl (C=O) groups excluding carboxylic acids is 1. The molecule has 1 unspecified atom stereocenters.